The summed E-state index contributed by atoms with van der Waals surface area (Å²) in [7, 11) is -3.57. The first-order valence-electron chi connectivity index (χ1n) is 5.74. The SMILES string of the molecule is CCN(C1C(=O)N2C(C(=O)O)C(=O)CC12)S(C)(=O)=O. The van der Waals surface area contributed by atoms with Crippen LogP contribution < -0.4 is 0 Å². The number of hydrogen-bond acceptors (Lipinski definition) is 5. The maximum Gasteiger partial charge on any atom is 0.334 e. The van der Waals surface area contributed by atoms with E-state index >= 15 is 0 Å². The van der Waals surface area contributed by atoms with Crippen molar-refractivity contribution in [3.05, 3.63) is 0 Å². The lowest BCUT2D eigenvalue weighted by Crippen LogP contribution is -2.71. The van der Waals surface area contributed by atoms with Crippen LogP contribution in [0.3, 0.4) is 0 Å². The zero-order valence-electron chi connectivity index (χ0n) is 10.4. The molecule has 2 rings (SSSR count). The number of hydrogen-bond donors (Lipinski definition) is 1. The number of carbonyl (C=O) groups excluding carboxylic acids is 2. The number of carbonyl (C=O) groups is 3. The molecule has 9 heteroatoms. The number of rotatable bonds is 4. The largest absolute Gasteiger partial charge is 0.479 e. The molecule has 3 unspecified atom stereocenters. The van der Waals surface area contributed by atoms with Crippen molar-refractivity contribution >= 4 is 27.7 Å². The van der Waals surface area contributed by atoms with Gasteiger partial charge >= 0.3 is 5.97 Å². The molecular weight excluding hydrogens is 276 g/mol. The zero-order chi connectivity index (χ0) is 14.5. The highest BCUT2D eigenvalue weighted by Gasteiger charge is 2.62. The molecule has 2 saturated heterocycles. The van der Waals surface area contributed by atoms with E-state index in [2.05, 4.69) is 0 Å². The van der Waals surface area contributed by atoms with Crippen LogP contribution in [0.25, 0.3) is 0 Å². The van der Waals surface area contributed by atoms with Crippen molar-refractivity contribution in [2.75, 3.05) is 12.8 Å². The minimum atomic E-state index is -3.57. The normalized spacial score (nSPS) is 30.5. The Morgan fingerprint density at radius 1 is 1.47 bits per heavy atom. The van der Waals surface area contributed by atoms with Gasteiger partial charge in [-0.3, -0.25) is 9.59 Å². The van der Waals surface area contributed by atoms with E-state index in [4.69, 9.17) is 5.11 Å². The highest BCUT2D eigenvalue weighted by atomic mass is 32.2. The summed E-state index contributed by atoms with van der Waals surface area (Å²) in [6, 6.07) is -3.07. The molecule has 0 aromatic rings. The lowest BCUT2D eigenvalue weighted by Gasteiger charge is -2.47. The van der Waals surface area contributed by atoms with Crippen LogP contribution in [0.4, 0.5) is 0 Å². The average Bonchev–Trinajstić information content (AvgIpc) is 2.58. The summed E-state index contributed by atoms with van der Waals surface area (Å²) in [5.41, 5.74) is 0. The highest BCUT2D eigenvalue weighted by molar-refractivity contribution is 7.88. The molecule has 2 aliphatic heterocycles. The number of ketones is 1. The molecule has 2 aliphatic rings. The summed E-state index contributed by atoms with van der Waals surface area (Å²) in [4.78, 5) is 35.5. The Bertz CT molecular complexity index is 556. The van der Waals surface area contributed by atoms with Gasteiger partial charge in [0, 0.05) is 13.0 Å². The van der Waals surface area contributed by atoms with E-state index in [0.29, 0.717) is 0 Å². The average molecular weight is 290 g/mol. The van der Waals surface area contributed by atoms with Gasteiger partial charge in [-0.1, -0.05) is 6.92 Å². The predicted octanol–water partition coefficient (Wildman–Crippen LogP) is -1.73. The van der Waals surface area contributed by atoms with Crippen molar-refractivity contribution in [1.29, 1.82) is 0 Å². The minimum Gasteiger partial charge on any atom is -0.479 e. The molecule has 0 aromatic carbocycles. The quantitative estimate of drug-likeness (QED) is 0.486. The van der Waals surface area contributed by atoms with Crippen molar-refractivity contribution in [3.8, 4) is 0 Å². The number of carboxylic acid groups (broad SMARTS) is 1. The fraction of sp³-hybridized carbons (Fsp3) is 0.700. The molecule has 0 spiro atoms. The van der Waals surface area contributed by atoms with Crippen LogP contribution in [-0.2, 0) is 24.4 Å². The third-order valence-corrected chi connectivity index (χ3v) is 4.84. The van der Waals surface area contributed by atoms with Crippen LogP contribution in [0.15, 0.2) is 0 Å². The van der Waals surface area contributed by atoms with Crippen LogP contribution in [0.2, 0.25) is 0 Å². The number of sulfonamides is 1. The fourth-order valence-electron chi connectivity index (χ4n) is 2.76. The first-order chi connectivity index (χ1) is 8.70. The molecule has 0 bridgehead atoms. The fourth-order valence-corrected chi connectivity index (χ4v) is 3.87. The van der Waals surface area contributed by atoms with Crippen molar-refractivity contribution in [3.63, 3.8) is 0 Å². The lowest BCUT2D eigenvalue weighted by molar-refractivity contribution is -0.164. The maximum absolute atomic E-state index is 12.0. The molecule has 1 N–H and O–H groups in total. The summed E-state index contributed by atoms with van der Waals surface area (Å²) in [5.74, 6) is -2.55. The van der Waals surface area contributed by atoms with Crippen molar-refractivity contribution in [2.24, 2.45) is 0 Å². The van der Waals surface area contributed by atoms with Crippen LogP contribution in [0.5, 0.6) is 0 Å². The van der Waals surface area contributed by atoms with Gasteiger partial charge in [0.2, 0.25) is 15.9 Å². The number of nitrogens with zero attached hydrogens (tertiary/aromatic N) is 2. The van der Waals surface area contributed by atoms with Gasteiger partial charge in [0.15, 0.2) is 11.8 Å². The second kappa shape index (κ2) is 4.27. The van der Waals surface area contributed by atoms with E-state index in [0.717, 1.165) is 15.5 Å². The maximum atomic E-state index is 12.0. The first-order valence-corrected chi connectivity index (χ1v) is 7.59. The molecule has 1 amide bonds. The van der Waals surface area contributed by atoms with E-state index in [1.54, 1.807) is 6.92 Å². The van der Waals surface area contributed by atoms with Gasteiger partial charge in [-0.2, -0.15) is 4.31 Å². The van der Waals surface area contributed by atoms with Gasteiger partial charge in [-0.25, -0.2) is 13.2 Å². The third kappa shape index (κ3) is 1.93. The Kier molecular flexibility index (Phi) is 3.13. The molecule has 3 atom stereocenters. The number of aliphatic carboxylic acids is 1. The molecule has 106 valence electrons. The van der Waals surface area contributed by atoms with E-state index in [9.17, 15) is 22.8 Å². The Morgan fingerprint density at radius 2 is 2.05 bits per heavy atom. The summed E-state index contributed by atoms with van der Waals surface area (Å²) < 4.78 is 24.2. The number of Topliss-reactive ketones (excluding diaryl/α,β-unsaturated/α-hetero) is 1. The molecule has 2 fully saturated rings. The van der Waals surface area contributed by atoms with Crippen molar-refractivity contribution in [1.82, 2.24) is 9.21 Å². The smallest absolute Gasteiger partial charge is 0.334 e. The molecule has 0 saturated carbocycles. The van der Waals surface area contributed by atoms with Crippen molar-refractivity contribution < 1.29 is 27.9 Å². The summed E-state index contributed by atoms with van der Waals surface area (Å²) in [6.07, 6.45) is 0.872. The summed E-state index contributed by atoms with van der Waals surface area (Å²) >= 11 is 0. The van der Waals surface area contributed by atoms with E-state index < -0.39 is 45.8 Å². The monoisotopic (exact) mass is 290 g/mol. The standard InChI is InChI=1S/C10H14N2O6S/c1-3-11(19(2,17)18)7-5-4-6(13)8(10(15)16)12(5)9(7)14/h5,7-8H,3-4H2,1-2H3,(H,15,16). The number of amides is 1. The molecular formula is C10H14N2O6S. The molecule has 8 nitrogen and oxygen atoms in total. The van der Waals surface area contributed by atoms with Gasteiger partial charge in [0.25, 0.3) is 0 Å². The third-order valence-electron chi connectivity index (χ3n) is 3.50. The Balaban J connectivity index is 2.29. The van der Waals surface area contributed by atoms with E-state index in [1.807, 2.05) is 0 Å². The van der Waals surface area contributed by atoms with Gasteiger partial charge in [-0.05, 0) is 0 Å². The van der Waals surface area contributed by atoms with E-state index in [1.165, 1.54) is 0 Å². The van der Waals surface area contributed by atoms with Gasteiger partial charge in [0.05, 0.1) is 12.3 Å². The first kappa shape index (κ1) is 13.9. The van der Waals surface area contributed by atoms with E-state index in [-0.39, 0.29) is 13.0 Å². The second-order valence-electron chi connectivity index (χ2n) is 4.64. The second-order valence-corrected chi connectivity index (χ2v) is 6.57. The van der Waals surface area contributed by atoms with Gasteiger partial charge in [-0.15, -0.1) is 0 Å². The Morgan fingerprint density at radius 3 is 2.47 bits per heavy atom. The molecule has 0 aromatic heterocycles. The van der Waals surface area contributed by atoms with Crippen LogP contribution in [0, 0.1) is 0 Å². The van der Waals surface area contributed by atoms with Gasteiger partial charge < -0.3 is 10.0 Å². The lowest BCUT2D eigenvalue weighted by atomic mass is 9.96. The number of likely N-dealkylation sites (N-methyl/N-ethyl adjacent to an activating group) is 1. The van der Waals surface area contributed by atoms with Crippen molar-refractivity contribution in [2.45, 2.75) is 31.5 Å². The molecule has 2 heterocycles. The Labute approximate surface area is 110 Å². The zero-order valence-corrected chi connectivity index (χ0v) is 11.3. The van der Waals surface area contributed by atoms with Crippen LogP contribution in [0.1, 0.15) is 13.3 Å². The van der Waals surface area contributed by atoms with Gasteiger partial charge in [0.1, 0.15) is 6.04 Å². The summed E-state index contributed by atoms with van der Waals surface area (Å²) in [6.45, 7) is 1.69. The molecule has 0 radical (unpaired) electrons. The number of fused-ring (bicyclic) bond motifs is 1. The molecule has 19 heavy (non-hydrogen) atoms. The topological polar surface area (TPSA) is 112 Å². The summed E-state index contributed by atoms with van der Waals surface area (Å²) in [5, 5.41) is 8.92. The number of carboxylic acids is 1. The highest BCUT2D eigenvalue weighted by Crippen LogP contribution is 2.37. The number of β-lactam (4-membered cyclic amide) rings is 1. The van der Waals surface area contributed by atoms with Crippen LogP contribution in [-0.4, -0.2) is 71.3 Å². The minimum absolute atomic E-state index is 0.103. The predicted molar refractivity (Wildman–Crippen MR) is 62.7 cm³/mol. The molecule has 0 aliphatic carbocycles. The Hall–Kier alpha value is -1.48. The van der Waals surface area contributed by atoms with Crippen LogP contribution >= 0.6 is 0 Å².